The van der Waals surface area contributed by atoms with E-state index in [2.05, 4.69) is 15.3 Å². The molecule has 0 aliphatic carbocycles. The third kappa shape index (κ3) is 4.58. The summed E-state index contributed by atoms with van der Waals surface area (Å²) in [6.07, 6.45) is 0. The summed E-state index contributed by atoms with van der Waals surface area (Å²) < 4.78 is 5.27. The third-order valence-corrected chi connectivity index (χ3v) is 6.29. The number of hydrogen-bond donors (Lipinski definition) is 1. The SMILES string of the molecule is COc1ccc2c(c1)C1=NC(=S)N(Cc3ccc(C(=O)NCc4ccc(Cl)cc4)cc3)C(=O)C1=N2. The average molecular weight is 503 g/mol. The van der Waals surface area contributed by atoms with E-state index < -0.39 is 0 Å². The van der Waals surface area contributed by atoms with E-state index in [0.717, 1.165) is 16.7 Å². The number of nitrogens with zero attached hydrogens (tertiary/aromatic N) is 3. The van der Waals surface area contributed by atoms with Gasteiger partial charge in [0.05, 0.1) is 19.3 Å². The molecule has 3 aromatic rings. The largest absolute Gasteiger partial charge is 0.497 e. The smallest absolute Gasteiger partial charge is 0.281 e. The number of nitrogens with one attached hydrogen (secondary N) is 1. The average Bonchev–Trinajstić information content (AvgIpc) is 3.24. The summed E-state index contributed by atoms with van der Waals surface area (Å²) in [6, 6.07) is 19.7. The number of halogens is 1. The Morgan fingerprint density at radius 3 is 2.43 bits per heavy atom. The third-order valence-electron chi connectivity index (χ3n) is 5.72. The molecule has 0 atom stereocenters. The van der Waals surface area contributed by atoms with Crippen LogP contribution in [0.4, 0.5) is 5.69 Å². The van der Waals surface area contributed by atoms with Gasteiger partial charge < -0.3 is 10.1 Å². The summed E-state index contributed by atoms with van der Waals surface area (Å²) in [4.78, 5) is 36.1. The highest BCUT2D eigenvalue weighted by Gasteiger charge is 2.37. The van der Waals surface area contributed by atoms with Crippen LogP contribution in [0.2, 0.25) is 5.02 Å². The van der Waals surface area contributed by atoms with Crippen LogP contribution in [0.25, 0.3) is 0 Å². The van der Waals surface area contributed by atoms with Crippen molar-refractivity contribution in [2.75, 3.05) is 7.11 Å². The first-order valence-corrected chi connectivity index (χ1v) is 11.5. The Morgan fingerprint density at radius 1 is 1.00 bits per heavy atom. The van der Waals surface area contributed by atoms with E-state index in [9.17, 15) is 9.59 Å². The number of thiocarbonyl (C=S) groups is 1. The second-order valence-corrected chi connectivity index (χ2v) is 8.79. The van der Waals surface area contributed by atoms with Crippen LogP contribution in [0, 0.1) is 0 Å². The lowest BCUT2D eigenvalue weighted by molar-refractivity contribution is -0.120. The summed E-state index contributed by atoms with van der Waals surface area (Å²) in [5.41, 5.74) is 4.39. The van der Waals surface area contributed by atoms with Crippen LogP contribution in [0.15, 0.2) is 76.7 Å². The van der Waals surface area contributed by atoms with Gasteiger partial charge in [-0.3, -0.25) is 14.5 Å². The molecule has 2 amide bonds. The molecule has 2 aliphatic heterocycles. The quantitative estimate of drug-likeness (QED) is 0.504. The molecule has 0 radical (unpaired) electrons. The minimum atomic E-state index is -0.306. The lowest BCUT2D eigenvalue weighted by atomic mass is 10.0. The number of rotatable bonds is 6. The first kappa shape index (κ1) is 22.9. The molecular formula is C26H19ClN4O3S. The predicted octanol–water partition coefficient (Wildman–Crippen LogP) is 4.48. The van der Waals surface area contributed by atoms with Crippen LogP contribution in [-0.4, -0.2) is 40.4 Å². The number of carbonyl (C=O) groups is 2. The molecule has 0 saturated heterocycles. The van der Waals surface area contributed by atoms with Crippen LogP contribution < -0.4 is 10.1 Å². The molecule has 7 nitrogen and oxygen atoms in total. The van der Waals surface area contributed by atoms with Crippen LogP contribution in [0.1, 0.15) is 27.0 Å². The number of methoxy groups -OCH3 is 1. The van der Waals surface area contributed by atoms with Crippen molar-refractivity contribution in [1.29, 1.82) is 0 Å². The van der Waals surface area contributed by atoms with Crippen LogP contribution in [-0.2, 0) is 17.9 Å². The summed E-state index contributed by atoms with van der Waals surface area (Å²) in [5.74, 6) is 0.153. The maximum absolute atomic E-state index is 13.2. The van der Waals surface area contributed by atoms with Gasteiger partial charge in [-0.2, -0.15) is 0 Å². The van der Waals surface area contributed by atoms with Gasteiger partial charge in [-0.25, -0.2) is 9.98 Å². The Hall–Kier alpha value is -3.88. The zero-order valence-electron chi connectivity index (χ0n) is 18.6. The molecular weight excluding hydrogens is 484 g/mol. The highest BCUT2D eigenvalue weighted by Crippen LogP contribution is 2.33. The number of carbonyl (C=O) groups excluding carboxylic acids is 2. The molecule has 0 unspecified atom stereocenters. The van der Waals surface area contributed by atoms with Crippen molar-refractivity contribution < 1.29 is 14.3 Å². The number of aliphatic imine (C=N–C) groups is 2. The fraction of sp³-hybridized carbons (Fsp3) is 0.115. The molecule has 0 fully saturated rings. The van der Waals surface area contributed by atoms with Gasteiger partial charge in [0.1, 0.15) is 11.5 Å². The maximum Gasteiger partial charge on any atom is 0.281 e. The van der Waals surface area contributed by atoms with Gasteiger partial charge in [-0.1, -0.05) is 35.9 Å². The Morgan fingerprint density at radius 2 is 1.71 bits per heavy atom. The molecule has 0 bridgehead atoms. The van der Waals surface area contributed by atoms with Gasteiger partial charge in [0.25, 0.3) is 11.8 Å². The van der Waals surface area contributed by atoms with Crippen molar-refractivity contribution >= 4 is 57.9 Å². The van der Waals surface area contributed by atoms with Gasteiger partial charge >= 0.3 is 0 Å². The predicted molar refractivity (Wildman–Crippen MR) is 139 cm³/mol. The summed E-state index contributed by atoms with van der Waals surface area (Å²) in [7, 11) is 1.58. The fourth-order valence-corrected chi connectivity index (χ4v) is 4.20. The van der Waals surface area contributed by atoms with Crippen molar-refractivity contribution in [2.24, 2.45) is 9.98 Å². The molecule has 35 heavy (non-hydrogen) atoms. The Bertz CT molecular complexity index is 1420. The van der Waals surface area contributed by atoms with Gasteiger partial charge in [0.2, 0.25) is 5.11 Å². The molecule has 0 aromatic heterocycles. The number of fused-ring (bicyclic) bond motifs is 3. The van der Waals surface area contributed by atoms with Crippen molar-refractivity contribution in [3.63, 3.8) is 0 Å². The second kappa shape index (κ2) is 9.40. The lowest BCUT2D eigenvalue weighted by Crippen LogP contribution is -2.45. The normalized spacial score (nSPS) is 14.2. The van der Waals surface area contributed by atoms with E-state index in [1.54, 1.807) is 61.7 Å². The summed E-state index contributed by atoms with van der Waals surface area (Å²) in [5, 5.41) is 3.70. The summed E-state index contributed by atoms with van der Waals surface area (Å²) in [6.45, 7) is 0.616. The summed E-state index contributed by atoms with van der Waals surface area (Å²) >= 11 is 11.3. The highest BCUT2D eigenvalue weighted by atomic mass is 35.5. The standard InChI is InChI=1S/C26H19ClN4O3S/c1-34-19-10-11-21-20(12-19)22-23(29-21)25(33)31(26(35)30-22)14-16-2-6-17(7-3-16)24(32)28-13-15-4-8-18(27)9-5-15/h2-12H,13-14H2,1H3,(H,28,32). The fourth-order valence-electron chi connectivity index (χ4n) is 3.83. The van der Waals surface area contributed by atoms with Crippen molar-refractivity contribution in [3.05, 3.63) is 94.0 Å². The molecule has 2 aliphatic rings. The molecule has 0 spiro atoms. The number of ether oxygens (including phenoxy) is 1. The molecule has 174 valence electrons. The van der Waals surface area contributed by atoms with Gasteiger partial charge in [0.15, 0.2) is 5.71 Å². The van der Waals surface area contributed by atoms with Crippen LogP contribution in [0.3, 0.4) is 0 Å². The molecule has 5 rings (SSSR count). The minimum absolute atomic E-state index is 0.171. The first-order valence-electron chi connectivity index (χ1n) is 10.8. The van der Waals surface area contributed by atoms with E-state index in [-0.39, 0.29) is 29.2 Å². The van der Waals surface area contributed by atoms with E-state index >= 15 is 0 Å². The van der Waals surface area contributed by atoms with E-state index in [0.29, 0.717) is 34.3 Å². The van der Waals surface area contributed by atoms with E-state index in [1.165, 1.54) is 4.90 Å². The minimum Gasteiger partial charge on any atom is -0.497 e. The maximum atomic E-state index is 13.2. The Labute approximate surface area is 212 Å². The molecule has 0 saturated carbocycles. The van der Waals surface area contributed by atoms with Gasteiger partial charge in [0, 0.05) is 22.7 Å². The zero-order valence-corrected chi connectivity index (χ0v) is 20.2. The number of hydrogen-bond acceptors (Lipinski definition) is 5. The van der Waals surface area contributed by atoms with E-state index in [1.807, 2.05) is 12.1 Å². The molecule has 9 heteroatoms. The molecule has 2 heterocycles. The van der Waals surface area contributed by atoms with Crippen LogP contribution >= 0.6 is 23.8 Å². The van der Waals surface area contributed by atoms with Crippen molar-refractivity contribution in [1.82, 2.24) is 10.2 Å². The highest BCUT2D eigenvalue weighted by molar-refractivity contribution is 7.80. The van der Waals surface area contributed by atoms with Crippen LogP contribution in [0.5, 0.6) is 5.75 Å². The lowest BCUT2D eigenvalue weighted by Gasteiger charge is -2.25. The molecule has 1 N–H and O–H groups in total. The number of amides is 2. The van der Waals surface area contributed by atoms with Gasteiger partial charge in [-0.05, 0) is 65.8 Å². The second-order valence-electron chi connectivity index (χ2n) is 7.98. The zero-order chi connectivity index (χ0) is 24.5. The Balaban J connectivity index is 1.27. The van der Waals surface area contributed by atoms with E-state index in [4.69, 9.17) is 28.6 Å². The molecule has 3 aromatic carbocycles. The van der Waals surface area contributed by atoms with Gasteiger partial charge in [-0.15, -0.1) is 0 Å². The number of benzene rings is 3. The first-order chi connectivity index (χ1) is 16.9. The van der Waals surface area contributed by atoms with Crippen molar-refractivity contribution in [2.45, 2.75) is 13.1 Å². The van der Waals surface area contributed by atoms with Crippen molar-refractivity contribution in [3.8, 4) is 5.75 Å². The monoisotopic (exact) mass is 502 g/mol. The topological polar surface area (TPSA) is 83.4 Å². The Kier molecular flexibility index (Phi) is 6.15.